The fourth-order valence-corrected chi connectivity index (χ4v) is 2.65. The summed E-state index contributed by atoms with van der Waals surface area (Å²) in [6, 6.07) is 1.89. The Hall–Kier alpha value is -1.20. The molecule has 0 unspecified atom stereocenters. The molecule has 0 spiro atoms. The van der Waals surface area contributed by atoms with Crippen molar-refractivity contribution in [2.24, 2.45) is 5.73 Å². The summed E-state index contributed by atoms with van der Waals surface area (Å²) in [7, 11) is 0. The van der Waals surface area contributed by atoms with Gasteiger partial charge in [0.05, 0.1) is 5.56 Å². The molecular formula is C14H21N3OS. The fraction of sp³-hybridized carbons (Fsp3) is 0.571. The monoisotopic (exact) mass is 279 g/mol. The Morgan fingerprint density at radius 1 is 1.42 bits per heavy atom. The molecule has 1 aromatic rings. The van der Waals surface area contributed by atoms with E-state index in [2.05, 4.69) is 9.88 Å². The van der Waals surface area contributed by atoms with E-state index in [1.807, 2.05) is 13.0 Å². The first-order valence-electron chi connectivity index (χ1n) is 6.79. The van der Waals surface area contributed by atoms with Gasteiger partial charge in [-0.3, -0.25) is 4.90 Å². The van der Waals surface area contributed by atoms with E-state index < -0.39 is 0 Å². The molecule has 0 aromatic carbocycles. The van der Waals surface area contributed by atoms with Crippen molar-refractivity contribution in [3.05, 3.63) is 23.4 Å². The van der Waals surface area contributed by atoms with Crippen LogP contribution >= 0.6 is 12.2 Å². The van der Waals surface area contributed by atoms with Crippen LogP contribution in [0.1, 0.15) is 30.4 Å². The number of thiocarbonyl (C=S) groups is 1. The molecular weight excluding hydrogens is 258 g/mol. The maximum atomic E-state index is 5.76. The summed E-state index contributed by atoms with van der Waals surface area (Å²) in [4.78, 5) is 7.01. The zero-order valence-corrected chi connectivity index (χ0v) is 12.2. The van der Waals surface area contributed by atoms with Crippen molar-refractivity contribution in [1.82, 2.24) is 9.88 Å². The summed E-state index contributed by atoms with van der Waals surface area (Å²) >= 11 is 5.06. The van der Waals surface area contributed by atoms with Gasteiger partial charge in [-0.1, -0.05) is 18.6 Å². The molecule has 2 rings (SSSR count). The fourth-order valence-electron chi connectivity index (χ4n) is 2.40. The molecule has 1 saturated heterocycles. The van der Waals surface area contributed by atoms with Crippen LogP contribution < -0.4 is 10.5 Å². The number of ether oxygens (including phenoxy) is 1. The topological polar surface area (TPSA) is 51.4 Å². The van der Waals surface area contributed by atoms with Gasteiger partial charge in [0, 0.05) is 12.7 Å². The van der Waals surface area contributed by atoms with Crippen molar-refractivity contribution in [3.63, 3.8) is 0 Å². The van der Waals surface area contributed by atoms with E-state index in [0.29, 0.717) is 17.5 Å². The first-order valence-corrected chi connectivity index (χ1v) is 7.20. The third-order valence-corrected chi connectivity index (χ3v) is 3.67. The number of likely N-dealkylation sites (tertiary alicyclic amines) is 1. The number of aromatic nitrogens is 1. The van der Waals surface area contributed by atoms with Crippen LogP contribution in [0.5, 0.6) is 5.88 Å². The number of aryl methyl sites for hydroxylation is 1. The highest BCUT2D eigenvalue weighted by Gasteiger charge is 2.13. The van der Waals surface area contributed by atoms with Gasteiger partial charge in [0.2, 0.25) is 5.88 Å². The first kappa shape index (κ1) is 14.2. The van der Waals surface area contributed by atoms with E-state index in [1.54, 1.807) is 6.20 Å². The van der Waals surface area contributed by atoms with Crippen LogP contribution in [0.3, 0.4) is 0 Å². The number of hydrogen-bond donors (Lipinski definition) is 1. The average Bonchev–Trinajstić information content (AvgIpc) is 2.39. The minimum Gasteiger partial charge on any atom is -0.476 e. The third-order valence-electron chi connectivity index (χ3n) is 3.47. The second kappa shape index (κ2) is 6.82. The molecule has 1 aliphatic rings. The number of hydrogen-bond acceptors (Lipinski definition) is 4. The zero-order valence-electron chi connectivity index (χ0n) is 11.4. The lowest BCUT2D eigenvalue weighted by atomic mass is 10.1. The Labute approximate surface area is 120 Å². The van der Waals surface area contributed by atoms with Gasteiger partial charge in [-0.15, -0.1) is 0 Å². The minimum atomic E-state index is 0.346. The van der Waals surface area contributed by atoms with Crippen molar-refractivity contribution in [3.8, 4) is 5.88 Å². The Morgan fingerprint density at radius 3 is 2.84 bits per heavy atom. The molecule has 19 heavy (non-hydrogen) atoms. The molecule has 1 fully saturated rings. The lowest BCUT2D eigenvalue weighted by Crippen LogP contribution is -2.33. The van der Waals surface area contributed by atoms with Crippen molar-refractivity contribution in [2.75, 3.05) is 26.2 Å². The van der Waals surface area contributed by atoms with E-state index in [1.165, 1.54) is 32.4 Å². The lowest BCUT2D eigenvalue weighted by Gasteiger charge is -2.26. The van der Waals surface area contributed by atoms with Crippen molar-refractivity contribution in [2.45, 2.75) is 26.2 Å². The SMILES string of the molecule is Cc1ccnc(OCCN2CCCCC2)c1C(N)=S. The maximum Gasteiger partial charge on any atom is 0.224 e. The molecule has 0 amide bonds. The van der Waals surface area contributed by atoms with Crippen LogP contribution in [0.15, 0.2) is 12.3 Å². The highest BCUT2D eigenvalue weighted by Crippen LogP contribution is 2.19. The molecule has 4 nitrogen and oxygen atoms in total. The molecule has 0 aliphatic carbocycles. The summed E-state index contributed by atoms with van der Waals surface area (Å²) in [6.45, 7) is 5.88. The summed E-state index contributed by atoms with van der Waals surface area (Å²) in [5, 5.41) is 0. The first-order chi connectivity index (χ1) is 9.18. The quantitative estimate of drug-likeness (QED) is 0.834. The van der Waals surface area contributed by atoms with E-state index >= 15 is 0 Å². The van der Waals surface area contributed by atoms with Crippen LogP contribution in [0, 0.1) is 6.92 Å². The predicted molar refractivity (Wildman–Crippen MR) is 80.6 cm³/mol. The number of piperidine rings is 1. The van der Waals surface area contributed by atoms with Gasteiger partial charge in [0.15, 0.2) is 0 Å². The smallest absolute Gasteiger partial charge is 0.224 e. The molecule has 2 heterocycles. The normalized spacial score (nSPS) is 16.3. The number of rotatable bonds is 5. The lowest BCUT2D eigenvalue weighted by molar-refractivity contribution is 0.180. The summed E-state index contributed by atoms with van der Waals surface area (Å²) < 4.78 is 5.76. The van der Waals surface area contributed by atoms with E-state index in [4.69, 9.17) is 22.7 Å². The molecule has 0 bridgehead atoms. The number of pyridine rings is 1. The largest absolute Gasteiger partial charge is 0.476 e. The van der Waals surface area contributed by atoms with Crippen LogP contribution in [0.2, 0.25) is 0 Å². The van der Waals surface area contributed by atoms with Crippen LogP contribution in [-0.4, -0.2) is 41.1 Å². The molecule has 0 atom stereocenters. The standard InChI is InChI=1S/C14H21N3OS/c1-11-5-6-16-14(12(11)13(15)19)18-10-9-17-7-3-2-4-8-17/h5-6H,2-4,7-10H2,1H3,(H2,15,19). The molecule has 5 heteroatoms. The Bertz CT molecular complexity index is 444. The van der Waals surface area contributed by atoms with Gasteiger partial charge in [0.1, 0.15) is 11.6 Å². The van der Waals surface area contributed by atoms with Crippen molar-refractivity contribution < 1.29 is 4.74 Å². The summed E-state index contributed by atoms with van der Waals surface area (Å²) in [5.74, 6) is 0.560. The molecule has 1 aliphatic heterocycles. The Balaban J connectivity index is 1.92. The molecule has 2 N–H and O–H groups in total. The van der Waals surface area contributed by atoms with Gasteiger partial charge in [-0.2, -0.15) is 0 Å². The maximum absolute atomic E-state index is 5.76. The molecule has 104 valence electrons. The number of nitrogens with two attached hydrogens (primary N) is 1. The van der Waals surface area contributed by atoms with E-state index in [0.717, 1.165) is 17.7 Å². The average molecular weight is 279 g/mol. The van der Waals surface area contributed by atoms with E-state index in [-0.39, 0.29) is 0 Å². The van der Waals surface area contributed by atoms with Crippen molar-refractivity contribution >= 4 is 17.2 Å². The second-order valence-electron chi connectivity index (χ2n) is 4.92. The van der Waals surface area contributed by atoms with E-state index in [9.17, 15) is 0 Å². The summed E-state index contributed by atoms with van der Waals surface area (Å²) in [6.07, 6.45) is 5.66. The second-order valence-corrected chi connectivity index (χ2v) is 5.36. The predicted octanol–water partition coefficient (Wildman–Crippen LogP) is 1.89. The minimum absolute atomic E-state index is 0.346. The van der Waals surface area contributed by atoms with Gasteiger partial charge >= 0.3 is 0 Å². The summed E-state index contributed by atoms with van der Waals surface area (Å²) in [5.41, 5.74) is 7.50. The van der Waals surface area contributed by atoms with Gasteiger partial charge in [0.25, 0.3) is 0 Å². The van der Waals surface area contributed by atoms with Crippen LogP contribution in [-0.2, 0) is 0 Å². The van der Waals surface area contributed by atoms with Gasteiger partial charge in [-0.05, 0) is 44.5 Å². The molecule has 0 radical (unpaired) electrons. The number of nitrogens with zero attached hydrogens (tertiary/aromatic N) is 2. The molecule has 0 saturated carbocycles. The van der Waals surface area contributed by atoms with Gasteiger partial charge in [-0.25, -0.2) is 4.98 Å². The van der Waals surface area contributed by atoms with Crippen LogP contribution in [0.4, 0.5) is 0 Å². The highest BCUT2D eigenvalue weighted by atomic mass is 32.1. The van der Waals surface area contributed by atoms with Crippen molar-refractivity contribution in [1.29, 1.82) is 0 Å². The van der Waals surface area contributed by atoms with Crippen LogP contribution in [0.25, 0.3) is 0 Å². The molecule has 1 aromatic heterocycles. The zero-order chi connectivity index (χ0) is 13.7. The Kier molecular flexibility index (Phi) is 5.10. The highest BCUT2D eigenvalue weighted by molar-refractivity contribution is 7.80. The Morgan fingerprint density at radius 2 is 2.16 bits per heavy atom. The third kappa shape index (κ3) is 3.88. The van der Waals surface area contributed by atoms with Gasteiger partial charge < -0.3 is 10.5 Å².